The summed E-state index contributed by atoms with van der Waals surface area (Å²) in [4.78, 5) is 0. The van der Waals surface area contributed by atoms with Crippen molar-refractivity contribution in [1.82, 2.24) is 0 Å². The van der Waals surface area contributed by atoms with Gasteiger partial charge >= 0.3 is 0 Å². The van der Waals surface area contributed by atoms with Crippen LogP contribution in [0.4, 0.5) is 14.5 Å². The van der Waals surface area contributed by atoms with E-state index >= 15 is 0 Å². The van der Waals surface area contributed by atoms with Crippen molar-refractivity contribution in [2.24, 2.45) is 0 Å². The zero-order valence-electron chi connectivity index (χ0n) is 11.3. The fourth-order valence-electron chi connectivity index (χ4n) is 1.85. The molecule has 106 valence electrons. The Bertz CT molecular complexity index is 576. The van der Waals surface area contributed by atoms with Crippen LogP contribution in [0.3, 0.4) is 0 Å². The van der Waals surface area contributed by atoms with Crippen LogP contribution in [0.5, 0.6) is 5.75 Å². The molecule has 20 heavy (non-hydrogen) atoms. The maximum atomic E-state index is 13.5. The van der Waals surface area contributed by atoms with Crippen molar-refractivity contribution in [3.8, 4) is 16.9 Å². The number of ether oxygens (including phenoxy) is 1. The van der Waals surface area contributed by atoms with Crippen molar-refractivity contribution in [2.75, 3.05) is 12.3 Å². The van der Waals surface area contributed by atoms with Crippen LogP contribution < -0.4 is 10.5 Å². The van der Waals surface area contributed by atoms with Gasteiger partial charge in [-0.2, -0.15) is 0 Å². The second-order valence-corrected chi connectivity index (χ2v) is 4.58. The van der Waals surface area contributed by atoms with E-state index < -0.39 is 17.3 Å². The summed E-state index contributed by atoms with van der Waals surface area (Å²) in [6.45, 7) is 2.71. The van der Waals surface area contributed by atoms with Crippen LogP contribution >= 0.6 is 0 Å². The Kier molecular flexibility index (Phi) is 4.56. The highest BCUT2D eigenvalue weighted by atomic mass is 19.1. The second kappa shape index (κ2) is 6.37. The molecule has 2 nitrogen and oxygen atoms in total. The number of nitrogen functional groups attached to an aromatic ring is 1. The van der Waals surface area contributed by atoms with Crippen LogP contribution in [-0.2, 0) is 0 Å². The van der Waals surface area contributed by atoms with Crippen molar-refractivity contribution < 1.29 is 13.5 Å². The molecule has 0 spiro atoms. The van der Waals surface area contributed by atoms with Gasteiger partial charge in [-0.05, 0) is 41.8 Å². The van der Waals surface area contributed by atoms with Crippen LogP contribution in [0.1, 0.15) is 19.8 Å². The largest absolute Gasteiger partial charge is 0.494 e. The number of nitrogens with two attached hydrogens (primary N) is 1. The molecule has 0 amide bonds. The van der Waals surface area contributed by atoms with Gasteiger partial charge in [0.15, 0.2) is 0 Å². The molecule has 0 saturated carbocycles. The summed E-state index contributed by atoms with van der Waals surface area (Å²) in [5.74, 6) is -0.816. The summed E-state index contributed by atoms with van der Waals surface area (Å²) in [5.41, 5.74) is 5.94. The van der Waals surface area contributed by atoms with Gasteiger partial charge in [-0.3, -0.25) is 0 Å². The number of benzene rings is 2. The third kappa shape index (κ3) is 3.26. The van der Waals surface area contributed by atoms with Crippen LogP contribution in [-0.4, -0.2) is 6.61 Å². The van der Waals surface area contributed by atoms with Crippen molar-refractivity contribution >= 4 is 5.69 Å². The maximum Gasteiger partial charge on any atom is 0.149 e. The molecule has 0 fully saturated rings. The fraction of sp³-hybridized carbons (Fsp3) is 0.250. The summed E-state index contributed by atoms with van der Waals surface area (Å²) in [5, 5.41) is 0. The van der Waals surface area contributed by atoms with E-state index in [4.69, 9.17) is 10.5 Å². The zero-order valence-corrected chi connectivity index (χ0v) is 11.3. The highest BCUT2D eigenvalue weighted by Gasteiger charge is 2.09. The molecule has 0 radical (unpaired) electrons. The molecule has 0 atom stereocenters. The van der Waals surface area contributed by atoms with Gasteiger partial charge in [0, 0.05) is 0 Å². The lowest BCUT2D eigenvalue weighted by Crippen LogP contribution is -1.97. The molecule has 0 aliphatic carbocycles. The number of unbranched alkanes of at least 4 members (excludes halogenated alkanes) is 1. The first-order chi connectivity index (χ1) is 9.61. The minimum atomic E-state index is -0.752. The molecule has 4 heteroatoms. The molecular formula is C16H17F2NO. The zero-order chi connectivity index (χ0) is 14.5. The molecule has 0 aliphatic rings. The van der Waals surface area contributed by atoms with Crippen LogP contribution in [0.15, 0.2) is 36.4 Å². The van der Waals surface area contributed by atoms with E-state index in [1.54, 1.807) is 18.2 Å². The lowest BCUT2D eigenvalue weighted by Gasteiger charge is -2.09. The molecule has 2 aromatic rings. The normalized spacial score (nSPS) is 10.6. The first kappa shape index (κ1) is 14.3. The Morgan fingerprint density at radius 2 is 1.75 bits per heavy atom. The summed E-state index contributed by atoms with van der Waals surface area (Å²) < 4.78 is 32.5. The highest BCUT2D eigenvalue weighted by molar-refractivity contribution is 5.67. The predicted octanol–water partition coefficient (Wildman–Crippen LogP) is 4.39. The molecule has 0 saturated heterocycles. The monoisotopic (exact) mass is 277 g/mol. The smallest absolute Gasteiger partial charge is 0.149 e. The Hall–Kier alpha value is -2.10. The molecular weight excluding hydrogens is 260 g/mol. The van der Waals surface area contributed by atoms with Gasteiger partial charge in [-0.1, -0.05) is 25.5 Å². The van der Waals surface area contributed by atoms with E-state index in [1.807, 2.05) is 6.07 Å². The van der Waals surface area contributed by atoms with Crippen molar-refractivity contribution in [2.45, 2.75) is 19.8 Å². The van der Waals surface area contributed by atoms with Gasteiger partial charge in [0.2, 0.25) is 0 Å². The number of halogens is 2. The minimum absolute atomic E-state index is 0.440. The molecule has 2 N–H and O–H groups in total. The minimum Gasteiger partial charge on any atom is -0.494 e. The average Bonchev–Trinajstić information content (AvgIpc) is 2.45. The molecule has 2 aromatic carbocycles. The van der Waals surface area contributed by atoms with Gasteiger partial charge in [-0.25, -0.2) is 8.78 Å². The van der Waals surface area contributed by atoms with Gasteiger partial charge in [0.05, 0.1) is 6.61 Å². The van der Waals surface area contributed by atoms with E-state index in [9.17, 15) is 8.78 Å². The Balaban J connectivity index is 2.26. The van der Waals surface area contributed by atoms with Crippen LogP contribution in [0.25, 0.3) is 11.1 Å². The number of hydrogen-bond acceptors (Lipinski definition) is 2. The van der Waals surface area contributed by atoms with Gasteiger partial charge in [0.1, 0.15) is 23.1 Å². The molecule has 0 bridgehead atoms. The predicted molar refractivity (Wildman–Crippen MR) is 76.6 cm³/mol. The number of hydrogen-bond donors (Lipinski definition) is 1. The molecule has 0 heterocycles. The lowest BCUT2D eigenvalue weighted by atomic mass is 10.0. The van der Waals surface area contributed by atoms with Crippen molar-refractivity contribution in [3.05, 3.63) is 48.0 Å². The van der Waals surface area contributed by atoms with Crippen molar-refractivity contribution in [3.63, 3.8) is 0 Å². The quantitative estimate of drug-likeness (QED) is 0.649. The SMILES string of the molecule is CCCCOc1cccc(-c2cc(F)c(N)c(F)c2)c1. The van der Waals surface area contributed by atoms with Gasteiger partial charge in [-0.15, -0.1) is 0 Å². The van der Waals surface area contributed by atoms with E-state index in [1.165, 1.54) is 12.1 Å². The summed E-state index contributed by atoms with van der Waals surface area (Å²) in [7, 11) is 0. The van der Waals surface area contributed by atoms with Crippen molar-refractivity contribution in [1.29, 1.82) is 0 Å². The third-order valence-corrected chi connectivity index (χ3v) is 3.01. The van der Waals surface area contributed by atoms with Crippen LogP contribution in [0, 0.1) is 11.6 Å². The fourth-order valence-corrected chi connectivity index (χ4v) is 1.85. The molecule has 0 unspecified atom stereocenters. The third-order valence-electron chi connectivity index (χ3n) is 3.01. The number of anilines is 1. The number of rotatable bonds is 5. The molecule has 0 aliphatic heterocycles. The Morgan fingerprint density at radius 3 is 2.40 bits per heavy atom. The van der Waals surface area contributed by atoms with Gasteiger partial charge in [0.25, 0.3) is 0 Å². The van der Waals surface area contributed by atoms with Crippen LogP contribution in [0.2, 0.25) is 0 Å². The topological polar surface area (TPSA) is 35.2 Å². The van der Waals surface area contributed by atoms with E-state index in [-0.39, 0.29) is 0 Å². The summed E-state index contributed by atoms with van der Waals surface area (Å²) >= 11 is 0. The molecule has 2 rings (SSSR count). The molecule has 0 aromatic heterocycles. The Morgan fingerprint density at radius 1 is 1.05 bits per heavy atom. The first-order valence-corrected chi connectivity index (χ1v) is 6.59. The summed E-state index contributed by atoms with van der Waals surface area (Å²) in [6.07, 6.45) is 2.02. The standard InChI is InChI=1S/C16H17F2NO/c1-2-3-7-20-13-6-4-5-11(8-13)12-9-14(17)16(19)15(18)10-12/h4-6,8-10H,2-3,7,19H2,1H3. The highest BCUT2D eigenvalue weighted by Crippen LogP contribution is 2.28. The van der Waals surface area contributed by atoms with E-state index in [0.717, 1.165) is 12.8 Å². The van der Waals surface area contributed by atoms with E-state index in [0.29, 0.717) is 23.5 Å². The van der Waals surface area contributed by atoms with Gasteiger partial charge < -0.3 is 10.5 Å². The average molecular weight is 277 g/mol. The second-order valence-electron chi connectivity index (χ2n) is 4.58. The Labute approximate surface area is 117 Å². The lowest BCUT2D eigenvalue weighted by molar-refractivity contribution is 0.309. The van der Waals surface area contributed by atoms with E-state index in [2.05, 4.69) is 6.92 Å². The summed E-state index contributed by atoms with van der Waals surface area (Å²) in [6, 6.07) is 9.61. The first-order valence-electron chi connectivity index (χ1n) is 6.59. The maximum absolute atomic E-state index is 13.5.